The molecule has 1 saturated heterocycles. The Morgan fingerprint density at radius 3 is 2.67 bits per heavy atom. The normalized spacial score (nSPS) is 20.5. The fourth-order valence-corrected chi connectivity index (χ4v) is 2.16. The Hall–Kier alpha value is -0.610. The van der Waals surface area contributed by atoms with Crippen molar-refractivity contribution in [3.8, 4) is 0 Å². The SMILES string of the molecule is CC(C1CCNCC1)N(C)CCC(=O)O. The predicted octanol–water partition coefficient (Wildman–Crippen LogP) is 0.781. The van der Waals surface area contributed by atoms with E-state index in [0.29, 0.717) is 18.5 Å². The van der Waals surface area contributed by atoms with Crippen LogP contribution in [0.4, 0.5) is 0 Å². The third-order valence-corrected chi connectivity index (χ3v) is 3.44. The Morgan fingerprint density at radius 1 is 1.53 bits per heavy atom. The molecule has 4 heteroatoms. The maximum Gasteiger partial charge on any atom is 0.304 e. The molecule has 0 amide bonds. The lowest BCUT2D eigenvalue weighted by Gasteiger charge is -2.34. The van der Waals surface area contributed by atoms with Crippen LogP contribution >= 0.6 is 0 Å². The highest BCUT2D eigenvalue weighted by atomic mass is 16.4. The van der Waals surface area contributed by atoms with Gasteiger partial charge < -0.3 is 15.3 Å². The van der Waals surface area contributed by atoms with E-state index in [4.69, 9.17) is 5.11 Å². The van der Waals surface area contributed by atoms with Gasteiger partial charge in [0.2, 0.25) is 0 Å². The van der Waals surface area contributed by atoms with Gasteiger partial charge >= 0.3 is 5.97 Å². The summed E-state index contributed by atoms with van der Waals surface area (Å²) in [6.07, 6.45) is 2.66. The molecule has 0 radical (unpaired) electrons. The van der Waals surface area contributed by atoms with Crippen LogP contribution in [0.2, 0.25) is 0 Å². The molecule has 0 spiro atoms. The van der Waals surface area contributed by atoms with Crippen LogP contribution in [0.5, 0.6) is 0 Å². The Labute approximate surface area is 91.6 Å². The maximum atomic E-state index is 10.5. The Morgan fingerprint density at radius 2 is 2.13 bits per heavy atom. The first kappa shape index (κ1) is 12.5. The van der Waals surface area contributed by atoms with Crippen molar-refractivity contribution in [3.63, 3.8) is 0 Å². The monoisotopic (exact) mass is 214 g/mol. The smallest absolute Gasteiger partial charge is 0.304 e. The number of nitrogens with zero attached hydrogens (tertiary/aromatic N) is 1. The highest BCUT2D eigenvalue weighted by molar-refractivity contribution is 5.66. The highest BCUT2D eigenvalue weighted by Gasteiger charge is 2.22. The number of rotatable bonds is 5. The first-order chi connectivity index (χ1) is 7.11. The quantitative estimate of drug-likeness (QED) is 0.710. The lowest BCUT2D eigenvalue weighted by atomic mass is 9.90. The van der Waals surface area contributed by atoms with E-state index in [2.05, 4.69) is 17.1 Å². The van der Waals surface area contributed by atoms with E-state index in [-0.39, 0.29) is 6.42 Å². The summed E-state index contributed by atoms with van der Waals surface area (Å²) >= 11 is 0. The molecule has 0 aromatic carbocycles. The summed E-state index contributed by atoms with van der Waals surface area (Å²) in [5, 5.41) is 12.0. The topological polar surface area (TPSA) is 52.6 Å². The highest BCUT2D eigenvalue weighted by Crippen LogP contribution is 2.19. The first-order valence-corrected chi connectivity index (χ1v) is 5.74. The van der Waals surface area contributed by atoms with E-state index in [0.717, 1.165) is 13.1 Å². The van der Waals surface area contributed by atoms with Crippen molar-refractivity contribution < 1.29 is 9.90 Å². The van der Waals surface area contributed by atoms with E-state index in [1.54, 1.807) is 0 Å². The summed E-state index contributed by atoms with van der Waals surface area (Å²) in [5.41, 5.74) is 0. The summed E-state index contributed by atoms with van der Waals surface area (Å²) in [6.45, 7) is 5.06. The van der Waals surface area contributed by atoms with Gasteiger partial charge in [0.15, 0.2) is 0 Å². The molecule has 4 nitrogen and oxygen atoms in total. The number of hydrogen-bond donors (Lipinski definition) is 2. The molecule has 1 aliphatic rings. The molecule has 88 valence electrons. The molecule has 1 atom stereocenters. The molecule has 1 fully saturated rings. The molecular weight excluding hydrogens is 192 g/mol. The lowest BCUT2D eigenvalue weighted by molar-refractivity contribution is -0.137. The third-order valence-electron chi connectivity index (χ3n) is 3.44. The zero-order valence-corrected chi connectivity index (χ0v) is 9.70. The Balaban J connectivity index is 2.30. The number of aliphatic carboxylic acids is 1. The molecule has 0 aromatic rings. The van der Waals surface area contributed by atoms with E-state index in [1.165, 1.54) is 12.8 Å². The van der Waals surface area contributed by atoms with Crippen molar-refractivity contribution in [2.45, 2.75) is 32.2 Å². The van der Waals surface area contributed by atoms with Crippen molar-refractivity contribution >= 4 is 5.97 Å². The standard InChI is InChI=1S/C11H22N2O2/c1-9(10-3-6-12-7-4-10)13(2)8-5-11(14)15/h9-10,12H,3-8H2,1-2H3,(H,14,15). The number of piperidine rings is 1. The van der Waals surface area contributed by atoms with Gasteiger partial charge in [0.05, 0.1) is 6.42 Å². The molecule has 2 N–H and O–H groups in total. The van der Waals surface area contributed by atoms with Gasteiger partial charge in [-0.1, -0.05) is 0 Å². The zero-order valence-electron chi connectivity index (χ0n) is 9.70. The summed E-state index contributed by atoms with van der Waals surface area (Å²) in [7, 11) is 2.02. The zero-order chi connectivity index (χ0) is 11.3. The minimum atomic E-state index is -0.709. The molecule has 0 bridgehead atoms. The maximum absolute atomic E-state index is 10.5. The molecule has 0 saturated carbocycles. The molecule has 1 unspecified atom stereocenters. The van der Waals surface area contributed by atoms with Gasteiger partial charge in [-0.05, 0) is 45.8 Å². The van der Waals surface area contributed by atoms with Crippen LogP contribution in [0.3, 0.4) is 0 Å². The molecule has 0 aliphatic carbocycles. The van der Waals surface area contributed by atoms with Gasteiger partial charge in [-0.3, -0.25) is 4.79 Å². The summed E-state index contributed by atoms with van der Waals surface area (Å²) in [6, 6.07) is 0.492. The van der Waals surface area contributed by atoms with Gasteiger partial charge in [-0.2, -0.15) is 0 Å². The average molecular weight is 214 g/mol. The van der Waals surface area contributed by atoms with Gasteiger partial charge in [0.25, 0.3) is 0 Å². The van der Waals surface area contributed by atoms with Crippen molar-refractivity contribution in [1.82, 2.24) is 10.2 Å². The first-order valence-electron chi connectivity index (χ1n) is 5.74. The van der Waals surface area contributed by atoms with Gasteiger partial charge in [0, 0.05) is 12.6 Å². The van der Waals surface area contributed by atoms with E-state index in [1.807, 2.05) is 7.05 Å². The fourth-order valence-electron chi connectivity index (χ4n) is 2.16. The third kappa shape index (κ3) is 4.18. The van der Waals surface area contributed by atoms with Gasteiger partial charge in [-0.25, -0.2) is 0 Å². The van der Waals surface area contributed by atoms with Crippen LogP contribution in [0.1, 0.15) is 26.2 Å². The minimum Gasteiger partial charge on any atom is -0.481 e. The largest absolute Gasteiger partial charge is 0.481 e. The molecule has 1 heterocycles. The summed E-state index contributed by atoms with van der Waals surface area (Å²) < 4.78 is 0. The number of carboxylic acids is 1. The summed E-state index contributed by atoms with van der Waals surface area (Å²) in [5.74, 6) is 0.00408. The van der Waals surface area contributed by atoms with Crippen LogP contribution < -0.4 is 5.32 Å². The van der Waals surface area contributed by atoms with E-state index < -0.39 is 5.97 Å². The number of carbonyl (C=O) groups is 1. The molecule has 15 heavy (non-hydrogen) atoms. The number of nitrogens with one attached hydrogen (secondary N) is 1. The van der Waals surface area contributed by atoms with Crippen LogP contribution in [0.25, 0.3) is 0 Å². The average Bonchev–Trinajstić information content (AvgIpc) is 2.26. The van der Waals surface area contributed by atoms with Crippen LogP contribution in [-0.2, 0) is 4.79 Å². The lowest BCUT2D eigenvalue weighted by Crippen LogP contribution is -2.41. The number of hydrogen-bond acceptors (Lipinski definition) is 3. The van der Waals surface area contributed by atoms with Crippen molar-refractivity contribution in [2.75, 3.05) is 26.7 Å². The molecule has 1 rings (SSSR count). The second kappa shape index (κ2) is 6.08. The number of carboxylic acid groups (broad SMARTS) is 1. The van der Waals surface area contributed by atoms with Gasteiger partial charge in [-0.15, -0.1) is 0 Å². The second-order valence-corrected chi connectivity index (χ2v) is 4.45. The van der Waals surface area contributed by atoms with E-state index in [9.17, 15) is 4.79 Å². The summed E-state index contributed by atoms with van der Waals surface area (Å²) in [4.78, 5) is 12.6. The Kier molecular flexibility index (Phi) is 5.05. The predicted molar refractivity (Wildman–Crippen MR) is 59.9 cm³/mol. The van der Waals surface area contributed by atoms with Crippen molar-refractivity contribution in [1.29, 1.82) is 0 Å². The minimum absolute atomic E-state index is 0.242. The Bertz CT molecular complexity index is 203. The van der Waals surface area contributed by atoms with Crippen molar-refractivity contribution in [2.24, 2.45) is 5.92 Å². The fraction of sp³-hybridized carbons (Fsp3) is 0.909. The van der Waals surface area contributed by atoms with Crippen LogP contribution in [0, 0.1) is 5.92 Å². The van der Waals surface area contributed by atoms with E-state index >= 15 is 0 Å². The van der Waals surface area contributed by atoms with Gasteiger partial charge in [0.1, 0.15) is 0 Å². The molecule has 1 aliphatic heterocycles. The molecule has 0 aromatic heterocycles. The van der Waals surface area contributed by atoms with Crippen molar-refractivity contribution in [3.05, 3.63) is 0 Å². The van der Waals surface area contributed by atoms with Crippen LogP contribution in [-0.4, -0.2) is 48.7 Å². The second-order valence-electron chi connectivity index (χ2n) is 4.45. The molecular formula is C11H22N2O2. The van der Waals surface area contributed by atoms with Crippen LogP contribution in [0.15, 0.2) is 0 Å².